The zero-order valence-electron chi connectivity index (χ0n) is 16.5. The molecular formula is C24H23NO4. The highest BCUT2D eigenvalue weighted by molar-refractivity contribution is 6.10. The van der Waals surface area contributed by atoms with Gasteiger partial charge in [-0.05, 0) is 44.0 Å². The lowest BCUT2D eigenvalue weighted by Gasteiger charge is -2.22. The van der Waals surface area contributed by atoms with E-state index < -0.39 is 17.3 Å². The predicted octanol–water partition coefficient (Wildman–Crippen LogP) is 3.95. The van der Waals surface area contributed by atoms with Gasteiger partial charge in [-0.2, -0.15) is 0 Å². The van der Waals surface area contributed by atoms with Gasteiger partial charge >= 0.3 is 0 Å². The second-order valence-electron chi connectivity index (χ2n) is 7.58. The molecule has 1 amide bonds. The van der Waals surface area contributed by atoms with Gasteiger partial charge in [-0.15, -0.1) is 0 Å². The Morgan fingerprint density at radius 2 is 1.83 bits per heavy atom. The monoisotopic (exact) mass is 389 g/mol. The normalized spacial score (nSPS) is 18.2. The van der Waals surface area contributed by atoms with Crippen LogP contribution < -0.4 is 4.90 Å². The van der Waals surface area contributed by atoms with Crippen molar-refractivity contribution in [3.8, 4) is 0 Å². The molecule has 5 heteroatoms. The van der Waals surface area contributed by atoms with E-state index in [0.29, 0.717) is 30.0 Å². The molecule has 2 aromatic carbocycles. The second kappa shape index (κ2) is 7.33. The summed E-state index contributed by atoms with van der Waals surface area (Å²) in [6, 6.07) is 18.7. The molecule has 0 fully saturated rings. The molecule has 4 rings (SSSR count). The molecular weight excluding hydrogens is 366 g/mol. The lowest BCUT2D eigenvalue weighted by molar-refractivity contribution is -0.135. The number of furan rings is 1. The van der Waals surface area contributed by atoms with Gasteiger partial charge in [0, 0.05) is 12.1 Å². The van der Waals surface area contributed by atoms with Gasteiger partial charge in [0.2, 0.25) is 5.78 Å². The number of hydrogen-bond acceptors (Lipinski definition) is 4. The van der Waals surface area contributed by atoms with Crippen LogP contribution in [-0.2, 0) is 16.8 Å². The summed E-state index contributed by atoms with van der Waals surface area (Å²) in [5.74, 6) is -0.101. The number of carbonyl (C=O) groups excluding carboxylic acids is 2. The van der Waals surface area contributed by atoms with Crippen LogP contribution >= 0.6 is 0 Å². The molecule has 1 aliphatic heterocycles. The Balaban J connectivity index is 1.65. The topological polar surface area (TPSA) is 70.7 Å². The molecule has 1 unspecified atom stereocenters. The largest absolute Gasteiger partial charge is 0.458 e. The Labute approximate surface area is 169 Å². The van der Waals surface area contributed by atoms with Crippen LogP contribution in [0, 0.1) is 13.8 Å². The number of ketones is 1. The standard InChI is InChI=1S/C24H23NO4/c1-16-8-10-20-19(14-16)24(28,15-21(26)22-11-9-17(2)29-22)23(27)25(20)13-12-18-6-4-3-5-7-18/h3-11,14,28H,12-13,15H2,1-2H3. The third kappa shape index (κ3) is 3.49. The minimum Gasteiger partial charge on any atom is -0.458 e. The van der Waals surface area contributed by atoms with Gasteiger partial charge in [0.05, 0.1) is 12.1 Å². The predicted molar refractivity (Wildman–Crippen MR) is 110 cm³/mol. The van der Waals surface area contributed by atoms with Crippen molar-refractivity contribution in [2.45, 2.75) is 32.3 Å². The summed E-state index contributed by atoms with van der Waals surface area (Å²) in [7, 11) is 0. The molecule has 5 nitrogen and oxygen atoms in total. The van der Waals surface area contributed by atoms with Crippen LogP contribution in [0.25, 0.3) is 0 Å². The number of hydrogen-bond donors (Lipinski definition) is 1. The number of aliphatic hydroxyl groups is 1. The Morgan fingerprint density at radius 1 is 1.07 bits per heavy atom. The van der Waals surface area contributed by atoms with E-state index in [-0.39, 0.29) is 12.2 Å². The highest BCUT2D eigenvalue weighted by atomic mass is 16.3. The lowest BCUT2D eigenvalue weighted by Crippen LogP contribution is -2.42. The smallest absolute Gasteiger partial charge is 0.264 e. The zero-order chi connectivity index (χ0) is 20.6. The van der Waals surface area contributed by atoms with Crippen molar-refractivity contribution in [1.82, 2.24) is 0 Å². The van der Waals surface area contributed by atoms with Crippen LogP contribution in [0.15, 0.2) is 65.1 Å². The molecule has 0 saturated heterocycles. The number of carbonyl (C=O) groups is 2. The van der Waals surface area contributed by atoms with Gasteiger partial charge in [-0.1, -0.05) is 48.0 Å². The van der Waals surface area contributed by atoms with Gasteiger partial charge in [0.25, 0.3) is 5.91 Å². The molecule has 0 radical (unpaired) electrons. The van der Waals surface area contributed by atoms with E-state index in [0.717, 1.165) is 11.1 Å². The molecule has 1 aromatic heterocycles. The maximum absolute atomic E-state index is 13.3. The molecule has 0 saturated carbocycles. The summed E-state index contributed by atoms with van der Waals surface area (Å²) in [4.78, 5) is 27.6. The van der Waals surface area contributed by atoms with E-state index >= 15 is 0 Å². The second-order valence-corrected chi connectivity index (χ2v) is 7.58. The number of fused-ring (bicyclic) bond motifs is 1. The van der Waals surface area contributed by atoms with E-state index in [9.17, 15) is 14.7 Å². The van der Waals surface area contributed by atoms with Gasteiger partial charge in [0.15, 0.2) is 11.4 Å². The van der Waals surface area contributed by atoms with E-state index in [2.05, 4.69) is 0 Å². The fourth-order valence-corrected chi connectivity index (χ4v) is 3.85. The summed E-state index contributed by atoms with van der Waals surface area (Å²) < 4.78 is 5.39. The third-order valence-corrected chi connectivity index (χ3v) is 5.39. The minimum atomic E-state index is -1.89. The number of aryl methyl sites for hydroxylation is 2. The molecule has 1 atom stereocenters. The summed E-state index contributed by atoms with van der Waals surface area (Å²) in [5, 5.41) is 11.4. The molecule has 0 spiro atoms. The van der Waals surface area contributed by atoms with Crippen molar-refractivity contribution in [3.05, 3.63) is 88.9 Å². The van der Waals surface area contributed by atoms with Crippen molar-refractivity contribution in [3.63, 3.8) is 0 Å². The Kier molecular flexibility index (Phi) is 4.84. The SMILES string of the molecule is Cc1ccc2c(c1)C(O)(CC(=O)c1ccc(C)o1)C(=O)N2CCc1ccccc1. The van der Waals surface area contributed by atoms with Crippen molar-refractivity contribution in [2.75, 3.05) is 11.4 Å². The first-order valence-electron chi connectivity index (χ1n) is 9.67. The van der Waals surface area contributed by atoms with Crippen LogP contribution in [0.3, 0.4) is 0 Å². The van der Waals surface area contributed by atoms with E-state index in [1.54, 1.807) is 30.0 Å². The molecule has 29 heavy (non-hydrogen) atoms. The fourth-order valence-electron chi connectivity index (χ4n) is 3.85. The zero-order valence-corrected chi connectivity index (χ0v) is 16.5. The van der Waals surface area contributed by atoms with Gasteiger partial charge in [-0.3, -0.25) is 9.59 Å². The van der Waals surface area contributed by atoms with E-state index in [1.165, 1.54) is 0 Å². The quantitative estimate of drug-likeness (QED) is 0.648. The van der Waals surface area contributed by atoms with Crippen LogP contribution in [-0.4, -0.2) is 23.3 Å². The maximum Gasteiger partial charge on any atom is 0.264 e. The summed E-state index contributed by atoms with van der Waals surface area (Å²) >= 11 is 0. The van der Waals surface area contributed by atoms with E-state index in [1.807, 2.05) is 49.4 Å². The highest BCUT2D eigenvalue weighted by Crippen LogP contribution is 2.43. The number of nitrogens with zero attached hydrogens (tertiary/aromatic N) is 1. The van der Waals surface area contributed by atoms with Gasteiger partial charge in [-0.25, -0.2) is 0 Å². The van der Waals surface area contributed by atoms with Crippen molar-refractivity contribution >= 4 is 17.4 Å². The average molecular weight is 389 g/mol. The first kappa shape index (κ1) is 19.2. The van der Waals surface area contributed by atoms with Gasteiger partial charge < -0.3 is 14.4 Å². The molecule has 0 aliphatic carbocycles. The molecule has 3 aromatic rings. The molecule has 1 N–H and O–H groups in total. The summed E-state index contributed by atoms with van der Waals surface area (Å²) in [6.45, 7) is 4.07. The van der Waals surface area contributed by atoms with Crippen LogP contribution in [0.4, 0.5) is 5.69 Å². The number of benzene rings is 2. The number of anilines is 1. The van der Waals surface area contributed by atoms with Crippen LogP contribution in [0.5, 0.6) is 0 Å². The minimum absolute atomic E-state index is 0.153. The third-order valence-electron chi connectivity index (χ3n) is 5.39. The van der Waals surface area contributed by atoms with Crippen molar-refractivity contribution in [1.29, 1.82) is 0 Å². The average Bonchev–Trinajstić information content (AvgIpc) is 3.23. The summed E-state index contributed by atoms with van der Waals surface area (Å²) in [6.07, 6.45) is 0.304. The maximum atomic E-state index is 13.3. The fraction of sp³-hybridized carbons (Fsp3) is 0.250. The molecule has 2 heterocycles. The Hall–Kier alpha value is -3.18. The number of amides is 1. The summed E-state index contributed by atoms with van der Waals surface area (Å²) in [5.41, 5.74) is 1.26. The number of Topliss-reactive ketones (excluding diaryl/α,β-unsaturated/α-hetero) is 1. The molecule has 1 aliphatic rings. The first-order chi connectivity index (χ1) is 13.9. The molecule has 0 bridgehead atoms. The highest BCUT2D eigenvalue weighted by Gasteiger charge is 2.51. The number of rotatable bonds is 6. The first-order valence-corrected chi connectivity index (χ1v) is 9.67. The Bertz CT molecular complexity index is 1070. The molecule has 148 valence electrons. The Morgan fingerprint density at radius 3 is 2.52 bits per heavy atom. The van der Waals surface area contributed by atoms with Gasteiger partial charge in [0.1, 0.15) is 5.76 Å². The van der Waals surface area contributed by atoms with E-state index in [4.69, 9.17) is 4.42 Å². The lowest BCUT2D eigenvalue weighted by atomic mass is 9.88. The van der Waals surface area contributed by atoms with Crippen molar-refractivity contribution < 1.29 is 19.1 Å². The van der Waals surface area contributed by atoms with Crippen LogP contribution in [0.1, 0.15) is 39.4 Å². The van der Waals surface area contributed by atoms with Crippen molar-refractivity contribution in [2.24, 2.45) is 0 Å². The van der Waals surface area contributed by atoms with Crippen LogP contribution in [0.2, 0.25) is 0 Å².